The second kappa shape index (κ2) is 4.66. The van der Waals surface area contributed by atoms with Gasteiger partial charge < -0.3 is 10.2 Å². The molecule has 0 aromatic rings. The SMILES string of the molecule is CNC[C@@H](C)C1CC2(C1)CN(CC(C)C)C2. The summed E-state index contributed by atoms with van der Waals surface area (Å²) >= 11 is 0. The van der Waals surface area contributed by atoms with Crippen molar-refractivity contribution in [2.45, 2.75) is 33.6 Å². The van der Waals surface area contributed by atoms with Gasteiger partial charge in [0.05, 0.1) is 0 Å². The lowest BCUT2D eigenvalue weighted by Crippen LogP contribution is -2.63. The summed E-state index contributed by atoms with van der Waals surface area (Å²) in [5.74, 6) is 2.69. The van der Waals surface area contributed by atoms with E-state index in [9.17, 15) is 0 Å². The van der Waals surface area contributed by atoms with E-state index in [2.05, 4.69) is 38.0 Å². The molecule has 2 rings (SSSR count). The van der Waals surface area contributed by atoms with Gasteiger partial charge in [-0.05, 0) is 49.6 Å². The highest BCUT2D eigenvalue weighted by Crippen LogP contribution is 2.54. The van der Waals surface area contributed by atoms with Crippen LogP contribution in [0.25, 0.3) is 0 Å². The quantitative estimate of drug-likeness (QED) is 0.770. The maximum Gasteiger partial charge on any atom is 0.00508 e. The van der Waals surface area contributed by atoms with Crippen LogP contribution in [0.15, 0.2) is 0 Å². The molecule has 1 saturated heterocycles. The van der Waals surface area contributed by atoms with E-state index in [0.717, 1.165) is 23.2 Å². The standard InChI is InChI=1S/C14H28N2/c1-11(2)8-16-9-14(10-16)5-13(6-14)12(3)7-15-4/h11-13,15H,5-10H2,1-4H3/t12-/m1/s1. The Balaban J connectivity index is 1.66. The molecule has 16 heavy (non-hydrogen) atoms. The van der Waals surface area contributed by atoms with E-state index in [1.807, 2.05) is 0 Å². The highest BCUT2D eigenvalue weighted by Gasteiger charge is 2.52. The van der Waals surface area contributed by atoms with Crippen LogP contribution in [0.1, 0.15) is 33.6 Å². The number of nitrogens with zero attached hydrogens (tertiary/aromatic N) is 1. The minimum absolute atomic E-state index is 0.752. The average Bonchev–Trinajstić information content (AvgIpc) is 2.06. The number of likely N-dealkylation sites (tertiary alicyclic amines) is 1. The average molecular weight is 224 g/mol. The Morgan fingerprint density at radius 1 is 1.25 bits per heavy atom. The normalized spacial score (nSPS) is 26.8. The Bertz CT molecular complexity index is 223. The second-order valence-electron chi connectivity index (χ2n) is 6.77. The molecule has 1 heterocycles. The minimum atomic E-state index is 0.752. The van der Waals surface area contributed by atoms with Crippen molar-refractivity contribution >= 4 is 0 Å². The maximum absolute atomic E-state index is 3.30. The molecule has 0 amide bonds. The smallest absolute Gasteiger partial charge is 0.00508 e. The molecular weight excluding hydrogens is 196 g/mol. The summed E-state index contributed by atoms with van der Waals surface area (Å²) in [6, 6.07) is 0. The maximum atomic E-state index is 3.30. The Morgan fingerprint density at radius 2 is 1.88 bits per heavy atom. The van der Waals surface area contributed by atoms with Crippen LogP contribution in [0.4, 0.5) is 0 Å². The fourth-order valence-corrected chi connectivity index (χ4v) is 3.75. The molecule has 1 N–H and O–H groups in total. The summed E-state index contributed by atoms with van der Waals surface area (Å²) in [6.45, 7) is 12.3. The lowest BCUT2D eigenvalue weighted by Gasteiger charge is -2.61. The Kier molecular flexibility index (Phi) is 3.60. The first-order valence-corrected chi connectivity index (χ1v) is 6.91. The topological polar surface area (TPSA) is 15.3 Å². The molecule has 0 radical (unpaired) electrons. The van der Waals surface area contributed by atoms with Crippen molar-refractivity contribution in [2.24, 2.45) is 23.2 Å². The predicted molar refractivity (Wildman–Crippen MR) is 69.5 cm³/mol. The minimum Gasteiger partial charge on any atom is -0.319 e. The zero-order valence-electron chi connectivity index (χ0n) is 11.4. The third-order valence-electron chi connectivity index (χ3n) is 4.46. The van der Waals surface area contributed by atoms with Crippen LogP contribution in [0.2, 0.25) is 0 Å². The largest absolute Gasteiger partial charge is 0.319 e. The summed E-state index contributed by atoms with van der Waals surface area (Å²) in [7, 11) is 2.07. The lowest BCUT2D eigenvalue weighted by atomic mass is 9.55. The van der Waals surface area contributed by atoms with E-state index in [1.165, 1.54) is 39.0 Å². The molecule has 1 atom stereocenters. The van der Waals surface area contributed by atoms with Gasteiger partial charge in [-0.2, -0.15) is 0 Å². The Hall–Kier alpha value is -0.0800. The number of hydrogen-bond donors (Lipinski definition) is 1. The van der Waals surface area contributed by atoms with Gasteiger partial charge in [-0.25, -0.2) is 0 Å². The van der Waals surface area contributed by atoms with Crippen molar-refractivity contribution in [3.63, 3.8) is 0 Å². The van der Waals surface area contributed by atoms with Crippen LogP contribution in [0.3, 0.4) is 0 Å². The molecule has 2 aliphatic rings. The molecule has 2 heteroatoms. The molecule has 0 unspecified atom stereocenters. The molecule has 0 aromatic heterocycles. The Morgan fingerprint density at radius 3 is 2.38 bits per heavy atom. The molecule has 1 aliphatic heterocycles. The van der Waals surface area contributed by atoms with Gasteiger partial charge in [0.15, 0.2) is 0 Å². The van der Waals surface area contributed by atoms with Gasteiger partial charge in [-0.3, -0.25) is 0 Å². The van der Waals surface area contributed by atoms with E-state index in [4.69, 9.17) is 0 Å². The molecule has 1 spiro atoms. The van der Waals surface area contributed by atoms with Crippen molar-refractivity contribution in [1.29, 1.82) is 0 Å². The van der Waals surface area contributed by atoms with E-state index in [0.29, 0.717) is 0 Å². The van der Waals surface area contributed by atoms with Crippen molar-refractivity contribution in [2.75, 3.05) is 33.2 Å². The zero-order chi connectivity index (χ0) is 11.8. The molecule has 1 saturated carbocycles. The van der Waals surface area contributed by atoms with Crippen molar-refractivity contribution < 1.29 is 0 Å². The van der Waals surface area contributed by atoms with Crippen molar-refractivity contribution in [3.05, 3.63) is 0 Å². The fraction of sp³-hybridized carbons (Fsp3) is 1.00. The summed E-state index contributed by atoms with van der Waals surface area (Å²) in [5, 5.41) is 3.30. The fourth-order valence-electron chi connectivity index (χ4n) is 3.75. The van der Waals surface area contributed by atoms with Crippen LogP contribution in [-0.2, 0) is 0 Å². The molecule has 2 fully saturated rings. The lowest BCUT2D eigenvalue weighted by molar-refractivity contribution is -0.110. The van der Waals surface area contributed by atoms with Gasteiger partial charge in [0.25, 0.3) is 0 Å². The molecule has 0 aromatic carbocycles. The van der Waals surface area contributed by atoms with Crippen LogP contribution in [-0.4, -0.2) is 38.1 Å². The van der Waals surface area contributed by atoms with Gasteiger partial charge in [-0.15, -0.1) is 0 Å². The predicted octanol–water partition coefficient (Wildman–Crippen LogP) is 2.21. The van der Waals surface area contributed by atoms with Gasteiger partial charge >= 0.3 is 0 Å². The van der Waals surface area contributed by atoms with Crippen molar-refractivity contribution in [3.8, 4) is 0 Å². The Labute approximate surface area is 101 Å². The van der Waals surface area contributed by atoms with Gasteiger partial charge in [0.2, 0.25) is 0 Å². The second-order valence-corrected chi connectivity index (χ2v) is 6.77. The first-order chi connectivity index (χ1) is 7.54. The van der Waals surface area contributed by atoms with Crippen molar-refractivity contribution in [1.82, 2.24) is 10.2 Å². The van der Waals surface area contributed by atoms with Gasteiger partial charge in [0.1, 0.15) is 0 Å². The van der Waals surface area contributed by atoms with Gasteiger partial charge in [0, 0.05) is 19.6 Å². The van der Waals surface area contributed by atoms with E-state index < -0.39 is 0 Å². The number of hydrogen-bond acceptors (Lipinski definition) is 2. The third-order valence-corrected chi connectivity index (χ3v) is 4.46. The zero-order valence-corrected chi connectivity index (χ0v) is 11.4. The summed E-state index contributed by atoms with van der Waals surface area (Å²) < 4.78 is 0. The molecule has 94 valence electrons. The van der Waals surface area contributed by atoms with Crippen LogP contribution in [0, 0.1) is 23.2 Å². The van der Waals surface area contributed by atoms with Crippen LogP contribution >= 0.6 is 0 Å². The number of rotatable bonds is 5. The summed E-state index contributed by atoms with van der Waals surface area (Å²) in [5.41, 5.74) is 0.752. The van der Waals surface area contributed by atoms with Gasteiger partial charge in [-0.1, -0.05) is 20.8 Å². The molecule has 2 nitrogen and oxygen atoms in total. The van der Waals surface area contributed by atoms with Crippen LogP contribution in [0.5, 0.6) is 0 Å². The molecular formula is C14H28N2. The monoisotopic (exact) mass is 224 g/mol. The highest BCUT2D eigenvalue weighted by atomic mass is 15.2. The van der Waals surface area contributed by atoms with E-state index >= 15 is 0 Å². The highest BCUT2D eigenvalue weighted by molar-refractivity contribution is 5.05. The van der Waals surface area contributed by atoms with E-state index in [1.54, 1.807) is 0 Å². The first kappa shape index (κ1) is 12.4. The first-order valence-electron chi connectivity index (χ1n) is 6.91. The van der Waals surface area contributed by atoms with Crippen LogP contribution < -0.4 is 5.32 Å². The summed E-state index contributed by atoms with van der Waals surface area (Å²) in [4.78, 5) is 2.64. The third kappa shape index (κ3) is 2.43. The summed E-state index contributed by atoms with van der Waals surface area (Å²) in [6.07, 6.45) is 2.98. The molecule has 0 bridgehead atoms. The molecule has 1 aliphatic carbocycles. The van der Waals surface area contributed by atoms with E-state index in [-0.39, 0.29) is 0 Å². The number of nitrogens with one attached hydrogen (secondary N) is 1.